The number of fused-ring (bicyclic) bond motifs is 1. The molecule has 198 valence electrons. The fourth-order valence-corrected chi connectivity index (χ4v) is 5.08. The predicted molar refractivity (Wildman–Crippen MR) is 105 cm³/mol. The number of hydrogen-bond acceptors (Lipinski definition) is 15. The molecule has 4 rings (SSSR count). The van der Waals surface area contributed by atoms with Crippen molar-refractivity contribution in [2.75, 3.05) is 13.2 Å². The van der Waals surface area contributed by atoms with E-state index in [-0.39, 0.29) is 0 Å². The summed E-state index contributed by atoms with van der Waals surface area (Å²) in [5, 5.41) is 104. The number of aliphatic hydroxyl groups excluding tert-OH is 10. The third kappa shape index (κ3) is 4.17. The van der Waals surface area contributed by atoms with Crippen molar-refractivity contribution < 1.29 is 70.0 Å². The van der Waals surface area contributed by atoms with Crippen molar-refractivity contribution in [3.63, 3.8) is 0 Å². The number of rotatable bonds is 6. The van der Waals surface area contributed by atoms with Gasteiger partial charge in [0.25, 0.3) is 0 Å². The van der Waals surface area contributed by atoms with Gasteiger partial charge in [0.05, 0.1) is 31.4 Å². The van der Waals surface area contributed by atoms with Gasteiger partial charge in [0.15, 0.2) is 12.6 Å². The molecule has 0 aromatic carbocycles. The van der Waals surface area contributed by atoms with Crippen LogP contribution < -0.4 is 5.32 Å². The Kier molecular flexibility index (Phi) is 7.55. The first-order valence-electron chi connectivity index (χ1n) is 11.0. The molecule has 4 aliphatic rings. The lowest BCUT2D eigenvalue weighted by Crippen LogP contribution is -2.70. The average molecular weight is 499 g/mol. The van der Waals surface area contributed by atoms with E-state index < -0.39 is 111 Å². The van der Waals surface area contributed by atoms with Crippen LogP contribution in [0, 0.1) is 0 Å². The van der Waals surface area contributed by atoms with Crippen molar-refractivity contribution in [3.05, 3.63) is 0 Å². The van der Waals surface area contributed by atoms with Crippen molar-refractivity contribution in [3.8, 4) is 0 Å². The van der Waals surface area contributed by atoms with Gasteiger partial charge in [-0.25, -0.2) is 0 Å². The number of nitrogens with one attached hydrogen (secondary N) is 1. The molecule has 11 N–H and O–H groups in total. The van der Waals surface area contributed by atoms with E-state index in [1.54, 1.807) is 0 Å². The Bertz CT molecular complexity index is 716. The maximum atomic E-state index is 10.8. The molecule has 0 aromatic rings. The molecule has 3 aliphatic heterocycles. The molecular weight excluding hydrogens is 466 g/mol. The van der Waals surface area contributed by atoms with Gasteiger partial charge in [0.1, 0.15) is 66.6 Å². The molecule has 1 saturated carbocycles. The highest BCUT2D eigenvalue weighted by Gasteiger charge is 2.71. The molecule has 15 heteroatoms. The van der Waals surface area contributed by atoms with Crippen molar-refractivity contribution in [2.24, 2.45) is 0 Å². The topological polar surface area (TPSA) is 255 Å². The second kappa shape index (κ2) is 9.70. The third-order valence-electron chi connectivity index (χ3n) is 7.25. The zero-order chi connectivity index (χ0) is 25.1. The van der Waals surface area contributed by atoms with E-state index in [2.05, 4.69) is 5.32 Å². The van der Waals surface area contributed by atoms with Gasteiger partial charge in [0.2, 0.25) is 0 Å². The van der Waals surface area contributed by atoms with Crippen LogP contribution >= 0.6 is 0 Å². The maximum absolute atomic E-state index is 10.8. The van der Waals surface area contributed by atoms with Crippen LogP contribution in [-0.4, -0.2) is 162 Å². The van der Waals surface area contributed by atoms with Gasteiger partial charge < -0.3 is 75.3 Å². The minimum absolute atomic E-state index is 0.614. The molecule has 3 saturated heterocycles. The molecule has 0 amide bonds. The molecule has 0 bridgehead atoms. The summed E-state index contributed by atoms with van der Waals surface area (Å²) in [6.45, 7) is 0.196. The van der Waals surface area contributed by atoms with Crippen LogP contribution in [0.1, 0.15) is 6.92 Å². The van der Waals surface area contributed by atoms with Gasteiger partial charge in [-0.15, -0.1) is 0 Å². The molecule has 16 unspecified atom stereocenters. The third-order valence-corrected chi connectivity index (χ3v) is 7.25. The molecule has 4 fully saturated rings. The first kappa shape index (κ1) is 26.5. The Balaban J connectivity index is 1.44. The quantitative estimate of drug-likeness (QED) is 0.152. The lowest BCUT2D eigenvalue weighted by Gasteiger charge is -2.47. The second-order valence-corrected chi connectivity index (χ2v) is 9.32. The summed E-state index contributed by atoms with van der Waals surface area (Å²) < 4.78 is 21.6. The summed E-state index contributed by atoms with van der Waals surface area (Å²) in [6.07, 6.45) is -19.2. The normalized spacial score (nSPS) is 57.8. The summed E-state index contributed by atoms with van der Waals surface area (Å²) in [5.41, 5.74) is -1.47. The number of aliphatic hydroxyl groups is 10. The lowest BCUT2D eigenvalue weighted by atomic mass is 9.79. The molecule has 3 heterocycles. The minimum Gasteiger partial charge on any atom is -0.394 e. The van der Waals surface area contributed by atoms with Crippen LogP contribution in [0.4, 0.5) is 0 Å². The Morgan fingerprint density at radius 1 is 0.794 bits per heavy atom. The van der Waals surface area contributed by atoms with E-state index in [1.807, 2.05) is 0 Å². The summed E-state index contributed by atoms with van der Waals surface area (Å²) in [6, 6.07) is -2.07. The highest BCUT2D eigenvalue weighted by molar-refractivity contribution is 5.21. The zero-order valence-electron chi connectivity index (χ0n) is 18.2. The van der Waals surface area contributed by atoms with E-state index >= 15 is 0 Å². The SMILES string of the molecule is CC1OC(OC2C(CO)OC(O)C(O)C2O)C(O)C(O)C1NC1C(O)C(O)C(O)C2(CO)OC12. The summed E-state index contributed by atoms with van der Waals surface area (Å²) in [7, 11) is 0. The van der Waals surface area contributed by atoms with Crippen LogP contribution in [0.15, 0.2) is 0 Å². The summed E-state index contributed by atoms with van der Waals surface area (Å²) in [5.74, 6) is 0. The molecule has 34 heavy (non-hydrogen) atoms. The largest absolute Gasteiger partial charge is 0.394 e. The maximum Gasteiger partial charge on any atom is 0.187 e. The van der Waals surface area contributed by atoms with Crippen LogP contribution in [-0.2, 0) is 18.9 Å². The van der Waals surface area contributed by atoms with E-state index in [1.165, 1.54) is 6.92 Å². The van der Waals surface area contributed by atoms with Gasteiger partial charge in [-0.3, -0.25) is 0 Å². The lowest BCUT2D eigenvalue weighted by molar-refractivity contribution is -0.345. The van der Waals surface area contributed by atoms with E-state index in [0.717, 1.165) is 0 Å². The molecule has 0 radical (unpaired) electrons. The van der Waals surface area contributed by atoms with Crippen molar-refractivity contribution in [2.45, 2.75) is 104 Å². The molecule has 16 atom stereocenters. The Hall–Kier alpha value is -0.600. The fourth-order valence-electron chi connectivity index (χ4n) is 5.08. The number of hydrogen-bond donors (Lipinski definition) is 11. The van der Waals surface area contributed by atoms with Gasteiger partial charge in [-0.1, -0.05) is 0 Å². The smallest absolute Gasteiger partial charge is 0.187 e. The van der Waals surface area contributed by atoms with Crippen LogP contribution in [0.5, 0.6) is 0 Å². The average Bonchev–Trinajstić information content (AvgIpc) is 3.56. The molecule has 0 aromatic heterocycles. The van der Waals surface area contributed by atoms with E-state index in [0.29, 0.717) is 0 Å². The van der Waals surface area contributed by atoms with E-state index in [4.69, 9.17) is 18.9 Å². The van der Waals surface area contributed by atoms with Crippen molar-refractivity contribution in [1.82, 2.24) is 5.32 Å². The monoisotopic (exact) mass is 499 g/mol. The molecule has 0 spiro atoms. The zero-order valence-corrected chi connectivity index (χ0v) is 18.2. The van der Waals surface area contributed by atoms with Crippen molar-refractivity contribution >= 4 is 0 Å². The highest BCUT2D eigenvalue weighted by Crippen LogP contribution is 2.48. The molecular formula is C19H33NO14. The summed E-state index contributed by atoms with van der Waals surface area (Å²) in [4.78, 5) is 0. The molecule has 15 nitrogen and oxygen atoms in total. The standard InChI is InChI=1S/C19H33NO14/c1-4-6(20-7-9(24)11(26)15(29)19(3-22)16(7)34-19)8(23)13(28)18(31-4)33-14-5(2-21)32-17(30)12(27)10(14)25/h4-18,20-30H,2-3H2,1H3. The highest BCUT2D eigenvalue weighted by atomic mass is 16.7. The van der Waals surface area contributed by atoms with Gasteiger partial charge in [0, 0.05) is 0 Å². The van der Waals surface area contributed by atoms with E-state index in [9.17, 15) is 51.1 Å². The number of ether oxygens (including phenoxy) is 4. The summed E-state index contributed by atoms with van der Waals surface area (Å²) >= 11 is 0. The first-order valence-corrected chi connectivity index (χ1v) is 11.0. The Morgan fingerprint density at radius 2 is 1.44 bits per heavy atom. The van der Waals surface area contributed by atoms with Crippen LogP contribution in [0.3, 0.4) is 0 Å². The Morgan fingerprint density at radius 3 is 2.06 bits per heavy atom. The number of epoxide rings is 1. The predicted octanol–water partition coefficient (Wildman–Crippen LogP) is -7.18. The van der Waals surface area contributed by atoms with Gasteiger partial charge in [-0.2, -0.15) is 0 Å². The van der Waals surface area contributed by atoms with Gasteiger partial charge >= 0.3 is 0 Å². The van der Waals surface area contributed by atoms with Crippen LogP contribution in [0.25, 0.3) is 0 Å². The Labute approximate surface area is 193 Å². The van der Waals surface area contributed by atoms with Crippen molar-refractivity contribution in [1.29, 1.82) is 0 Å². The minimum atomic E-state index is -1.77. The fraction of sp³-hybridized carbons (Fsp3) is 1.00. The first-order chi connectivity index (χ1) is 16.0. The van der Waals surface area contributed by atoms with Crippen LogP contribution in [0.2, 0.25) is 0 Å². The second-order valence-electron chi connectivity index (χ2n) is 9.32. The molecule has 1 aliphatic carbocycles. The van der Waals surface area contributed by atoms with Gasteiger partial charge in [-0.05, 0) is 6.92 Å².